The van der Waals surface area contributed by atoms with Crippen LogP contribution in [0.15, 0.2) is 97.0 Å². The van der Waals surface area contributed by atoms with Crippen LogP contribution in [-0.4, -0.2) is 20.9 Å². The zero-order valence-corrected chi connectivity index (χ0v) is 40.3. The summed E-state index contributed by atoms with van der Waals surface area (Å²) in [4.78, 5) is 21.2. The summed E-state index contributed by atoms with van der Waals surface area (Å²) in [6.45, 7) is 27.4. The minimum Gasteiger partial charge on any atom is -0.512 e. The topological polar surface area (TPSA) is 63.1 Å². The van der Waals surface area contributed by atoms with Gasteiger partial charge in [0, 0.05) is 49.9 Å². The van der Waals surface area contributed by atoms with E-state index < -0.39 is 0 Å². The van der Waals surface area contributed by atoms with Gasteiger partial charge in [-0.05, 0) is 95.1 Å². The quantitative estimate of drug-likeness (QED) is 0.0844. The number of aryl methyl sites for hydroxylation is 5. The number of pyridine rings is 2. The van der Waals surface area contributed by atoms with Crippen molar-refractivity contribution in [2.75, 3.05) is 0 Å². The van der Waals surface area contributed by atoms with Crippen LogP contribution in [0.1, 0.15) is 114 Å². The van der Waals surface area contributed by atoms with Gasteiger partial charge in [-0.25, -0.2) is 0 Å². The van der Waals surface area contributed by atoms with Crippen molar-refractivity contribution in [2.24, 2.45) is 16.7 Å². The van der Waals surface area contributed by atoms with Crippen molar-refractivity contribution < 1.29 is 30.0 Å². The molecule has 0 amide bonds. The number of rotatable bonds is 10. The van der Waals surface area contributed by atoms with Crippen LogP contribution in [-0.2, 0) is 31.3 Å². The van der Waals surface area contributed by atoms with E-state index in [1.54, 1.807) is 0 Å². The van der Waals surface area contributed by atoms with Gasteiger partial charge in [0.05, 0.1) is 5.76 Å². The number of carbonyl (C=O) groups is 1. The Balaban J connectivity index is 0.000000239. The maximum absolute atomic E-state index is 12.0. The van der Waals surface area contributed by atoms with Crippen molar-refractivity contribution in [3.8, 4) is 22.5 Å². The Morgan fingerprint density at radius 2 is 1.14 bits per heavy atom. The molecule has 0 fully saturated rings. The Labute approximate surface area is 369 Å². The molecular formula is C54H66IrN2O2-2. The van der Waals surface area contributed by atoms with Gasteiger partial charge in [0.1, 0.15) is 0 Å². The normalized spacial score (nSPS) is 11.7. The molecule has 1 radical (unpaired) electrons. The number of benzene rings is 4. The summed E-state index contributed by atoms with van der Waals surface area (Å²) in [5.41, 5.74) is 11.6. The zero-order valence-electron chi connectivity index (χ0n) is 37.9. The first kappa shape index (κ1) is 48.9. The molecule has 4 aromatic carbocycles. The maximum Gasteiger partial charge on any atom is 0.164 e. The molecule has 0 bridgehead atoms. The number of aliphatic hydroxyl groups excluding tert-OH is 1. The number of hydrogen-bond acceptors (Lipinski definition) is 4. The third kappa shape index (κ3) is 13.5. The standard InChI is InChI=1S/C22H24N.C18H16N.C14H26O2.Ir/c1-15-10-16(2)12-19(11-15)21-20-7-6-17(14-22(3,4)5)13-18(20)8-9-23-21;1-12-4-5-17-15(9-12)6-7-19-18(17)16-10-13(2)8-14(3)11-16;1-6-11(7-2)12(15)10-13(16)14(5,8-3)9-4;/h6-11,13H,14H2,1-5H3;4-10H,1-3H3;10-11,15H,6-9H2,1-5H3;/q2*-1;;/b;;12-10-;. The van der Waals surface area contributed by atoms with Gasteiger partial charge in [-0.15, -0.1) is 69.8 Å². The molecule has 6 aromatic rings. The smallest absolute Gasteiger partial charge is 0.164 e. The second-order valence-electron chi connectivity index (χ2n) is 17.6. The van der Waals surface area contributed by atoms with Crippen LogP contribution in [0.4, 0.5) is 0 Å². The molecule has 0 atom stereocenters. The van der Waals surface area contributed by atoms with Crippen molar-refractivity contribution in [3.63, 3.8) is 0 Å². The van der Waals surface area contributed by atoms with Crippen molar-refractivity contribution in [2.45, 2.75) is 122 Å². The second-order valence-corrected chi connectivity index (χ2v) is 17.6. The molecule has 4 nitrogen and oxygen atoms in total. The van der Waals surface area contributed by atoms with Crippen molar-refractivity contribution in [1.29, 1.82) is 0 Å². The van der Waals surface area contributed by atoms with E-state index in [1.807, 2.05) is 47.0 Å². The maximum atomic E-state index is 12.0. The van der Waals surface area contributed by atoms with Gasteiger partial charge in [-0.3, -0.25) is 4.79 Å². The van der Waals surface area contributed by atoms with Crippen molar-refractivity contribution >= 4 is 27.3 Å². The average molecular weight is 967 g/mol. The molecule has 0 saturated heterocycles. The minimum absolute atomic E-state index is 0. The Morgan fingerprint density at radius 1 is 0.661 bits per heavy atom. The molecule has 2 heterocycles. The number of ketones is 1. The van der Waals surface area contributed by atoms with Crippen molar-refractivity contribution in [1.82, 2.24) is 9.97 Å². The molecular weight excluding hydrogens is 901 g/mol. The summed E-state index contributed by atoms with van der Waals surface area (Å²) in [6.07, 6.45) is 9.69. The molecule has 0 aliphatic carbocycles. The summed E-state index contributed by atoms with van der Waals surface area (Å²) >= 11 is 0. The second kappa shape index (κ2) is 21.7. The van der Waals surface area contributed by atoms with Crippen molar-refractivity contribution in [3.05, 3.63) is 143 Å². The molecule has 59 heavy (non-hydrogen) atoms. The molecule has 0 unspecified atom stereocenters. The number of fused-ring (bicyclic) bond motifs is 2. The minimum atomic E-state index is -0.319. The van der Waals surface area contributed by atoms with Gasteiger partial charge in [-0.1, -0.05) is 125 Å². The number of allylic oxidation sites excluding steroid dienone is 2. The Hall–Kier alpha value is -4.44. The molecule has 6 rings (SSSR count). The summed E-state index contributed by atoms with van der Waals surface area (Å²) in [5.74, 6) is 0.437. The summed E-state index contributed by atoms with van der Waals surface area (Å²) < 4.78 is 0. The fourth-order valence-electron chi connectivity index (χ4n) is 7.45. The summed E-state index contributed by atoms with van der Waals surface area (Å²) in [6, 6.07) is 32.9. The Morgan fingerprint density at radius 3 is 1.58 bits per heavy atom. The number of carbonyl (C=O) groups excluding carboxylic acids is 1. The number of aromatic nitrogens is 2. The summed E-state index contributed by atoms with van der Waals surface area (Å²) in [7, 11) is 0. The van der Waals surface area contributed by atoms with Gasteiger partial charge in [-0.2, -0.15) is 0 Å². The molecule has 0 aliphatic rings. The van der Waals surface area contributed by atoms with E-state index in [0.29, 0.717) is 5.41 Å². The number of hydrogen-bond donors (Lipinski definition) is 1. The molecule has 1 N–H and O–H groups in total. The first-order valence-electron chi connectivity index (χ1n) is 21.1. The third-order valence-electron chi connectivity index (χ3n) is 11.1. The van der Waals surface area contributed by atoms with Gasteiger partial charge in [0.25, 0.3) is 0 Å². The molecule has 0 saturated carbocycles. The largest absolute Gasteiger partial charge is 0.512 e. The Bertz CT molecular complexity index is 2320. The van der Waals surface area contributed by atoms with Crippen LogP contribution < -0.4 is 0 Å². The van der Waals surface area contributed by atoms with Gasteiger partial charge in [0.2, 0.25) is 0 Å². The monoisotopic (exact) mass is 967 g/mol. The summed E-state index contributed by atoms with van der Waals surface area (Å²) in [5, 5.41) is 14.8. The first-order valence-corrected chi connectivity index (χ1v) is 21.1. The zero-order chi connectivity index (χ0) is 42.8. The molecule has 315 valence electrons. The van der Waals surface area contributed by atoms with E-state index in [9.17, 15) is 9.90 Å². The fraction of sp³-hybridized carbons (Fsp3) is 0.389. The van der Waals surface area contributed by atoms with E-state index in [-0.39, 0.29) is 43.0 Å². The predicted octanol–water partition coefficient (Wildman–Crippen LogP) is 14.8. The van der Waals surface area contributed by atoms with E-state index in [2.05, 4.69) is 150 Å². The first-order chi connectivity index (χ1) is 27.4. The number of aliphatic hydroxyl groups is 1. The third-order valence-corrected chi connectivity index (χ3v) is 11.1. The molecule has 5 heteroatoms. The molecule has 2 aromatic heterocycles. The SMILES string of the molecule is CCC(CC)/C(O)=C/C(=O)C(C)(CC)CC.Cc1[c-]c(-c2nccc3cc(C)ccc23)cc(C)c1.Cc1[c-]c(-c2nccc3cc(CC(C)(C)C)ccc23)cc(C)c1.[Ir]. The van der Waals surface area contributed by atoms with Gasteiger partial charge in [0.15, 0.2) is 5.78 Å². The Kier molecular flexibility index (Phi) is 18.0. The van der Waals surface area contributed by atoms with E-state index in [1.165, 1.54) is 49.9 Å². The van der Waals surface area contributed by atoms with Gasteiger partial charge < -0.3 is 15.1 Å². The molecule has 0 aliphatic heterocycles. The molecule has 0 spiro atoms. The van der Waals surface area contributed by atoms with Crippen LogP contribution in [0.25, 0.3) is 44.1 Å². The van der Waals surface area contributed by atoms with Crippen LogP contribution >= 0.6 is 0 Å². The van der Waals surface area contributed by atoms with E-state index in [0.717, 1.165) is 65.7 Å². The van der Waals surface area contributed by atoms with Crippen LogP contribution in [0.2, 0.25) is 0 Å². The van der Waals surface area contributed by atoms with E-state index in [4.69, 9.17) is 0 Å². The van der Waals surface area contributed by atoms with Crippen LogP contribution in [0.3, 0.4) is 0 Å². The fourth-order valence-corrected chi connectivity index (χ4v) is 7.45. The average Bonchev–Trinajstić information content (AvgIpc) is 3.16. The van der Waals surface area contributed by atoms with Crippen LogP contribution in [0, 0.1) is 63.5 Å². The van der Waals surface area contributed by atoms with Crippen LogP contribution in [0.5, 0.6) is 0 Å². The predicted molar refractivity (Wildman–Crippen MR) is 247 cm³/mol. The van der Waals surface area contributed by atoms with E-state index >= 15 is 0 Å². The van der Waals surface area contributed by atoms with Gasteiger partial charge >= 0.3 is 0 Å². The number of nitrogens with zero attached hydrogens (tertiary/aromatic N) is 2.